The van der Waals surface area contributed by atoms with Crippen LogP contribution >= 0.6 is 0 Å². The lowest BCUT2D eigenvalue weighted by molar-refractivity contribution is 0.0493. The molecule has 4 nitrogen and oxygen atoms in total. The number of nitrogens with one attached hydrogen (secondary N) is 1. The highest BCUT2D eigenvalue weighted by atomic mass is 16.5. The normalized spacial score (nSPS) is 12.7. The van der Waals surface area contributed by atoms with Gasteiger partial charge >= 0.3 is 0 Å². The number of rotatable bonds is 9. The molecular formula is C16H29N3O. The Balaban J connectivity index is 3.04. The van der Waals surface area contributed by atoms with Crippen LogP contribution < -0.4 is 5.32 Å². The van der Waals surface area contributed by atoms with Crippen molar-refractivity contribution in [1.82, 2.24) is 9.97 Å². The zero-order valence-electron chi connectivity index (χ0n) is 13.6. The van der Waals surface area contributed by atoms with Crippen molar-refractivity contribution in [1.29, 1.82) is 0 Å². The Kier molecular flexibility index (Phi) is 7.52. The molecule has 1 aromatic heterocycles. The standard InChI is InChI=1S/C16H29N3O/c1-6-9-14(20-8-3)16-18-13(12(4)5)11-15(19-16)17-10-7-2/h11-12,14H,6-10H2,1-5H3,(H,17,18,19). The van der Waals surface area contributed by atoms with Crippen LogP contribution in [0, 0.1) is 0 Å². The smallest absolute Gasteiger partial charge is 0.159 e. The molecule has 0 spiro atoms. The van der Waals surface area contributed by atoms with Gasteiger partial charge in [-0.3, -0.25) is 0 Å². The van der Waals surface area contributed by atoms with Crippen LogP contribution in [-0.4, -0.2) is 23.1 Å². The summed E-state index contributed by atoms with van der Waals surface area (Å²) in [6, 6.07) is 2.05. The van der Waals surface area contributed by atoms with Crippen LogP contribution in [0.2, 0.25) is 0 Å². The second-order valence-corrected chi connectivity index (χ2v) is 5.35. The monoisotopic (exact) mass is 279 g/mol. The highest BCUT2D eigenvalue weighted by Gasteiger charge is 2.17. The van der Waals surface area contributed by atoms with Crippen molar-refractivity contribution in [2.24, 2.45) is 0 Å². The van der Waals surface area contributed by atoms with E-state index in [1.165, 1.54) is 0 Å². The molecule has 0 saturated heterocycles. The molecule has 0 aliphatic carbocycles. The summed E-state index contributed by atoms with van der Waals surface area (Å²) in [6.45, 7) is 12.3. The maximum absolute atomic E-state index is 5.81. The van der Waals surface area contributed by atoms with Gasteiger partial charge in [-0.1, -0.05) is 34.1 Å². The van der Waals surface area contributed by atoms with Gasteiger partial charge in [0.1, 0.15) is 11.9 Å². The fraction of sp³-hybridized carbons (Fsp3) is 0.750. The van der Waals surface area contributed by atoms with Gasteiger partial charge in [-0.2, -0.15) is 0 Å². The molecule has 0 radical (unpaired) electrons. The summed E-state index contributed by atoms with van der Waals surface area (Å²) >= 11 is 0. The molecule has 0 fully saturated rings. The number of nitrogens with zero attached hydrogens (tertiary/aromatic N) is 2. The predicted molar refractivity (Wildman–Crippen MR) is 84.2 cm³/mol. The lowest BCUT2D eigenvalue weighted by Gasteiger charge is -2.18. The Hall–Kier alpha value is -1.16. The zero-order valence-corrected chi connectivity index (χ0v) is 13.6. The third-order valence-corrected chi connectivity index (χ3v) is 3.12. The third kappa shape index (κ3) is 5.08. The van der Waals surface area contributed by atoms with Crippen LogP contribution in [0.25, 0.3) is 0 Å². The number of hydrogen-bond donors (Lipinski definition) is 1. The Morgan fingerprint density at radius 2 is 1.90 bits per heavy atom. The van der Waals surface area contributed by atoms with Gasteiger partial charge in [0.05, 0.1) is 0 Å². The largest absolute Gasteiger partial charge is 0.371 e. The minimum atomic E-state index is 0.00544. The van der Waals surface area contributed by atoms with E-state index in [9.17, 15) is 0 Å². The molecule has 0 bridgehead atoms. The second kappa shape index (κ2) is 8.90. The van der Waals surface area contributed by atoms with Crippen molar-refractivity contribution < 1.29 is 4.74 Å². The van der Waals surface area contributed by atoms with E-state index in [1.807, 2.05) is 6.92 Å². The minimum Gasteiger partial charge on any atom is -0.371 e. The van der Waals surface area contributed by atoms with Crippen LogP contribution in [0.5, 0.6) is 0 Å². The molecule has 1 heterocycles. The van der Waals surface area contributed by atoms with Crippen molar-refractivity contribution in [3.8, 4) is 0 Å². The number of ether oxygens (including phenoxy) is 1. The first-order valence-corrected chi connectivity index (χ1v) is 7.86. The highest BCUT2D eigenvalue weighted by Crippen LogP contribution is 2.24. The SMILES string of the molecule is CCCNc1cc(C(C)C)nc(C(CCC)OCC)n1. The lowest BCUT2D eigenvalue weighted by atomic mass is 10.1. The molecule has 0 amide bonds. The summed E-state index contributed by atoms with van der Waals surface area (Å²) in [5, 5.41) is 3.36. The maximum Gasteiger partial charge on any atom is 0.159 e. The fourth-order valence-corrected chi connectivity index (χ4v) is 2.02. The summed E-state index contributed by atoms with van der Waals surface area (Å²) in [6.07, 6.45) is 3.12. The number of aromatic nitrogens is 2. The van der Waals surface area contributed by atoms with E-state index in [2.05, 4.69) is 44.1 Å². The van der Waals surface area contributed by atoms with Gasteiger partial charge in [-0.15, -0.1) is 0 Å². The first-order chi connectivity index (χ1) is 9.62. The van der Waals surface area contributed by atoms with Gasteiger partial charge in [0.25, 0.3) is 0 Å². The average Bonchev–Trinajstić information content (AvgIpc) is 2.44. The first-order valence-electron chi connectivity index (χ1n) is 7.86. The summed E-state index contributed by atoms with van der Waals surface area (Å²) in [4.78, 5) is 9.35. The van der Waals surface area contributed by atoms with E-state index >= 15 is 0 Å². The molecule has 0 aliphatic heterocycles. The van der Waals surface area contributed by atoms with E-state index in [0.717, 1.165) is 43.1 Å². The molecule has 1 rings (SSSR count). The van der Waals surface area contributed by atoms with Gasteiger partial charge in [0.2, 0.25) is 0 Å². The van der Waals surface area contributed by atoms with Crippen molar-refractivity contribution in [2.45, 2.75) is 65.9 Å². The Morgan fingerprint density at radius 1 is 1.15 bits per heavy atom. The molecule has 114 valence electrons. The molecule has 1 unspecified atom stereocenters. The highest BCUT2D eigenvalue weighted by molar-refractivity contribution is 5.37. The van der Waals surface area contributed by atoms with Crippen LogP contribution in [-0.2, 0) is 4.74 Å². The van der Waals surface area contributed by atoms with Crippen molar-refractivity contribution >= 4 is 5.82 Å². The molecule has 4 heteroatoms. The van der Waals surface area contributed by atoms with Gasteiger partial charge in [-0.05, 0) is 25.7 Å². The van der Waals surface area contributed by atoms with E-state index in [4.69, 9.17) is 9.72 Å². The quantitative estimate of drug-likeness (QED) is 0.732. The molecule has 1 N–H and O–H groups in total. The van der Waals surface area contributed by atoms with Crippen LogP contribution in [0.3, 0.4) is 0 Å². The molecule has 1 atom stereocenters. The van der Waals surface area contributed by atoms with E-state index < -0.39 is 0 Å². The second-order valence-electron chi connectivity index (χ2n) is 5.35. The Labute approximate surface area is 123 Å². The minimum absolute atomic E-state index is 0.00544. The summed E-state index contributed by atoms with van der Waals surface area (Å²) in [5.41, 5.74) is 1.08. The van der Waals surface area contributed by atoms with Crippen LogP contribution in [0.15, 0.2) is 6.07 Å². The third-order valence-electron chi connectivity index (χ3n) is 3.12. The summed E-state index contributed by atoms with van der Waals surface area (Å²) in [7, 11) is 0. The van der Waals surface area contributed by atoms with E-state index in [1.54, 1.807) is 0 Å². The van der Waals surface area contributed by atoms with Gasteiger partial charge in [0.15, 0.2) is 5.82 Å². The molecule has 20 heavy (non-hydrogen) atoms. The molecule has 0 aliphatic rings. The Bertz CT molecular complexity index is 387. The molecule has 1 aromatic rings. The Morgan fingerprint density at radius 3 is 2.45 bits per heavy atom. The van der Waals surface area contributed by atoms with Crippen molar-refractivity contribution in [2.75, 3.05) is 18.5 Å². The molecule has 0 saturated carbocycles. The summed E-state index contributed by atoms with van der Waals surface area (Å²) < 4.78 is 5.81. The first kappa shape index (κ1) is 16.9. The van der Waals surface area contributed by atoms with E-state index in [0.29, 0.717) is 12.5 Å². The fourth-order valence-electron chi connectivity index (χ4n) is 2.02. The average molecular weight is 279 g/mol. The van der Waals surface area contributed by atoms with Crippen LogP contribution in [0.1, 0.15) is 77.4 Å². The zero-order chi connectivity index (χ0) is 15.0. The lowest BCUT2D eigenvalue weighted by Crippen LogP contribution is -2.13. The van der Waals surface area contributed by atoms with E-state index in [-0.39, 0.29) is 6.10 Å². The summed E-state index contributed by atoms with van der Waals surface area (Å²) in [5.74, 6) is 2.13. The molecular weight excluding hydrogens is 250 g/mol. The van der Waals surface area contributed by atoms with Crippen LogP contribution in [0.4, 0.5) is 5.82 Å². The van der Waals surface area contributed by atoms with Crippen molar-refractivity contribution in [3.05, 3.63) is 17.6 Å². The van der Waals surface area contributed by atoms with Gasteiger partial charge in [0, 0.05) is 24.9 Å². The van der Waals surface area contributed by atoms with Gasteiger partial charge in [-0.25, -0.2) is 9.97 Å². The molecule has 0 aromatic carbocycles. The predicted octanol–water partition coefficient (Wildman–Crippen LogP) is 4.30. The topological polar surface area (TPSA) is 47.0 Å². The number of anilines is 1. The van der Waals surface area contributed by atoms with Crippen molar-refractivity contribution in [3.63, 3.8) is 0 Å². The van der Waals surface area contributed by atoms with Gasteiger partial charge < -0.3 is 10.1 Å². The maximum atomic E-state index is 5.81. The number of hydrogen-bond acceptors (Lipinski definition) is 4.